The fourth-order valence-corrected chi connectivity index (χ4v) is 4.67. The van der Waals surface area contributed by atoms with Crippen LogP contribution in [-0.4, -0.2) is 44.3 Å². The number of amides is 1. The van der Waals surface area contributed by atoms with Crippen molar-refractivity contribution >= 4 is 45.1 Å². The van der Waals surface area contributed by atoms with Gasteiger partial charge in [0.15, 0.2) is 6.61 Å². The van der Waals surface area contributed by atoms with Crippen LogP contribution in [-0.2, 0) is 19.6 Å². The van der Waals surface area contributed by atoms with Gasteiger partial charge in [0, 0.05) is 18.1 Å². The van der Waals surface area contributed by atoms with Crippen molar-refractivity contribution in [3.63, 3.8) is 0 Å². The van der Waals surface area contributed by atoms with Crippen LogP contribution in [0.25, 0.3) is 0 Å². The van der Waals surface area contributed by atoms with Crippen molar-refractivity contribution in [1.29, 1.82) is 0 Å². The molecule has 0 heterocycles. The lowest BCUT2D eigenvalue weighted by Crippen LogP contribution is -2.31. The largest absolute Gasteiger partial charge is 0.452 e. The number of nitrogens with one attached hydrogen (secondary N) is 1. The second-order valence-corrected chi connectivity index (χ2v) is 9.43. The fraction of sp³-hybridized carbons (Fsp3) is 0.333. The van der Waals surface area contributed by atoms with E-state index in [0.717, 1.165) is 11.6 Å². The summed E-state index contributed by atoms with van der Waals surface area (Å²) in [4.78, 5) is 24.5. The number of hydrogen-bond acceptors (Lipinski definition) is 5. The van der Waals surface area contributed by atoms with Gasteiger partial charge in [0.1, 0.15) is 0 Å². The zero-order valence-electron chi connectivity index (χ0n) is 17.4. The Morgan fingerprint density at radius 2 is 1.68 bits per heavy atom. The summed E-state index contributed by atoms with van der Waals surface area (Å²) < 4.78 is 31.7. The maximum absolute atomic E-state index is 12.7. The Hall–Kier alpha value is -2.13. The minimum absolute atomic E-state index is 0.0263. The van der Waals surface area contributed by atoms with Crippen molar-refractivity contribution in [2.24, 2.45) is 0 Å². The molecule has 0 aliphatic heterocycles. The first-order valence-electron chi connectivity index (χ1n) is 9.61. The molecule has 1 N–H and O–H groups in total. The van der Waals surface area contributed by atoms with E-state index in [1.807, 2.05) is 0 Å². The van der Waals surface area contributed by atoms with E-state index in [9.17, 15) is 18.0 Å². The minimum atomic E-state index is -3.78. The molecule has 0 aliphatic carbocycles. The highest BCUT2D eigenvalue weighted by atomic mass is 35.5. The standard InChI is InChI=1S/C21H24Cl2N2O5S/c1-4-25(5-2)31(28,29)17-10-11-19(23)18(12-17)21(27)30-13-20(26)24-14(3)15-6-8-16(22)9-7-15/h6-12,14H,4-5,13H2,1-3H3,(H,24,26). The molecule has 0 radical (unpaired) electrons. The van der Waals surface area contributed by atoms with Crippen molar-refractivity contribution < 1.29 is 22.7 Å². The van der Waals surface area contributed by atoms with Crippen molar-refractivity contribution in [2.75, 3.05) is 19.7 Å². The maximum atomic E-state index is 12.7. The third kappa shape index (κ3) is 6.43. The van der Waals surface area contributed by atoms with Crippen LogP contribution in [0.15, 0.2) is 47.4 Å². The van der Waals surface area contributed by atoms with E-state index < -0.39 is 28.5 Å². The average molecular weight is 487 g/mol. The van der Waals surface area contributed by atoms with Gasteiger partial charge in [-0.1, -0.05) is 49.2 Å². The molecule has 1 amide bonds. The normalized spacial score (nSPS) is 12.5. The van der Waals surface area contributed by atoms with Crippen molar-refractivity contribution in [3.05, 3.63) is 63.6 Å². The summed E-state index contributed by atoms with van der Waals surface area (Å²) in [6, 6.07) is 10.5. The van der Waals surface area contributed by atoms with Gasteiger partial charge in [-0.15, -0.1) is 0 Å². The smallest absolute Gasteiger partial charge is 0.340 e. The summed E-state index contributed by atoms with van der Waals surface area (Å²) in [5.74, 6) is -1.41. The number of sulfonamides is 1. The summed E-state index contributed by atoms with van der Waals surface area (Å²) in [6.45, 7) is 5.24. The monoisotopic (exact) mass is 486 g/mol. The molecule has 1 unspecified atom stereocenters. The van der Waals surface area contributed by atoms with Crippen LogP contribution < -0.4 is 5.32 Å². The minimum Gasteiger partial charge on any atom is -0.452 e. The Morgan fingerprint density at radius 1 is 1.06 bits per heavy atom. The van der Waals surface area contributed by atoms with Crippen LogP contribution in [0.3, 0.4) is 0 Å². The van der Waals surface area contributed by atoms with Gasteiger partial charge in [-0.3, -0.25) is 4.79 Å². The lowest BCUT2D eigenvalue weighted by atomic mass is 10.1. The van der Waals surface area contributed by atoms with E-state index in [0.29, 0.717) is 5.02 Å². The number of rotatable bonds is 9. The van der Waals surface area contributed by atoms with Crippen LogP contribution in [0.2, 0.25) is 10.0 Å². The molecule has 2 aromatic carbocycles. The molecule has 2 rings (SSSR count). The summed E-state index contributed by atoms with van der Waals surface area (Å²) in [6.07, 6.45) is 0. The number of nitrogens with zero attached hydrogens (tertiary/aromatic N) is 1. The molecule has 168 valence electrons. The third-order valence-corrected chi connectivity index (χ3v) is 7.21. The number of carbonyl (C=O) groups excluding carboxylic acids is 2. The Morgan fingerprint density at radius 3 is 2.26 bits per heavy atom. The number of ether oxygens (including phenoxy) is 1. The molecule has 0 saturated heterocycles. The molecule has 0 spiro atoms. The molecule has 0 bridgehead atoms. The summed E-state index contributed by atoms with van der Waals surface area (Å²) in [5, 5.41) is 3.32. The number of esters is 1. The second kappa shape index (κ2) is 10.9. The quantitative estimate of drug-likeness (QED) is 0.539. The van der Waals surface area contributed by atoms with Crippen LogP contribution in [0.5, 0.6) is 0 Å². The zero-order valence-corrected chi connectivity index (χ0v) is 19.7. The molecule has 31 heavy (non-hydrogen) atoms. The highest BCUT2D eigenvalue weighted by Gasteiger charge is 2.24. The number of benzene rings is 2. The molecule has 0 aliphatic rings. The molecule has 0 fully saturated rings. The van der Waals surface area contributed by atoms with Crippen molar-refractivity contribution in [1.82, 2.24) is 9.62 Å². The molecule has 1 atom stereocenters. The Kier molecular flexibility index (Phi) is 8.88. The van der Waals surface area contributed by atoms with Gasteiger partial charge in [-0.05, 0) is 42.8 Å². The Labute approximate surface area is 192 Å². The maximum Gasteiger partial charge on any atom is 0.340 e. The first-order valence-corrected chi connectivity index (χ1v) is 11.8. The van der Waals surface area contributed by atoms with Crippen LogP contribution in [0, 0.1) is 0 Å². The van der Waals surface area contributed by atoms with Crippen LogP contribution in [0.4, 0.5) is 0 Å². The first kappa shape index (κ1) is 25.1. The van der Waals surface area contributed by atoms with Gasteiger partial charge in [-0.25, -0.2) is 13.2 Å². The SMILES string of the molecule is CCN(CC)S(=O)(=O)c1ccc(Cl)c(C(=O)OCC(=O)NC(C)c2ccc(Cl)cc2)c1. The van der Waals surface area contributed by atoms with Crippen molar-refractivity contribution in [3.8, 4) is 0 Å². The molecule has 0 saturated carbocycles. The van der Waals surface area contributed by atoms with Gasteiger partial charge in [-0.2, -0.15) is 4.31 Å². The van der Waals surface area contributed by atoms with E-state index >= 15 is 0 Å². The van der Waals surface area contributed by atoms with E-state index in [4.69, 9.17) is 27.9 Å². The summed E-state index contributed by atoms with van der Waals surface area (Å²) in [7, 11) is -3.78. The Bertz CT molecular complexity index is 1040. The van der Waals surface area contributed by atoms with E-state index in [1.165, 1.54) is 16.4 Å². The van der Waals surface area contributed by atoms with Crippen LogP contribution >= 0.6 is 23.2 Å². The van der Waals surface area contributed by atoms with Crippen LogP contribution in [0.1, 0.15) is 42.7 Å². The molecule has 2 aromatic rings. The highest BCUT2D eigenvalue weighted by molar-refractivity contribution is 7.89. The van der Waals surface area contributed by atoms with Gasteiger partial charge < -0.3 is 10.1 Å². The number of hydrogen-bond donors (Lipinski definition) is 1. The molecular formula is C21H24Cl2N2O5S. The molecule has 0 aromatic heterocycles. The summed E-state index contributed by atoms with van der Waals surface area (Å²) >= 11 is 11.9. The van der Waals surface area contributed by atoms with Gasteiger partial charge in [0.05, 0.1) is 21.5 Å². The zero-order chi connectivity index (χ0) is 23.2. The molecule has 7 nitrogen and oxygen atoms in total. The van der Waals surface area contributed by atoms with Gasteiger partial charge >= 0.3 is 5.97 Å². The predicted octanol–water partition coefficient (Wildman–Crippen LogP) is 4.06. The van der Waals surface area contributed by atoms with Gasteiger partial charge in [0.25, 0.3) is 5.91 Å². The summed E-state index contributed by atoms with van der Waals surface area (Å²) in [5.41, 5.74) is 0.704. The van der Waals surface area contributed by atoms with Crippen molar-refractivity contribution in [2.45, 2.75) is 31.7 Å². The average Bonchev–Trinajstić information content (AvgIpc) is 2.73. The third-order valence-electron chi connectivity index (χ3n) is 4.58. The fourth-order valence-electron chi connectivity index (χ4n) is 2.86. The number of carbonyl (C=O) groups is 2. The predicted molar refractivity (Wildman–Crippen MR) is 120 cm³/mol. The Balaban J connectivity index is 2.06. The highest BCUT2D eigenvalue weighted by Crippen LogP contribution is 2.24. The lowest BCUT2D eigenvalue weighted by molar-refractivity contribution is -0.124. The molecule has 10 heteroatoms. The first-order chi connectivity index (χ1) is 14.6. The van der Waals surface area contributed by atoms with Gasteiger partial charge in [0.2, 0.25) is 10.0 Å². The van der Waals surface area contributed by atoms with E-state index in [-0.39, 0.29) is 34.6 Å². The number of halogens is 2. The van der Waals surface area contributed by atoms with E-state index in [2.05, 4.69) is 5.32 Å². The topological polar surface area (TPSA) is 92.8 Å². The van der Waals surface area contributed by atoms with E-state index in [1.54, 1.807) is 45.0 Å². The second-order valence-electron chi connectivity index (χ2n) is 6.65. The molecular weight excluding hydrogens is 463 g/mol. The lowest BCUT2D eigenvalue weighted by Gasteiger charge is -2.19.